The number of carbonyl (C=O) groups excluding carboxylic acids is 1. The van der Waals surface area contributed by atoms with Gasteiger partial charge in [-0.05, 0) is 30.9 Å². The van der Waals surface area contributed by atoms with Gasteiger partial charge in [-0.25, -0.2) is 0 Å². The number of rotatable bonds is 5. The second-order valence-electron chi connectivity index (χ2n) is 7.16. The Morgan fingerprint density at radius 1 is 1.00 bits per heavy atom. The first-order chi connectivity index (χ1) is 11.2. The van der Waals surface area contributed by atoms with Crippen molar-refractivity contribution in [2.24, 2.45) is 0 Å². The van der Waals surface area contributed by atoms with E-state index in [1.54, 1.807) is 24.3 Å². The Kier molecular flexibility index (Phi) is 5.79. The third kappa shape index (κ3) is 4.43. The Balaban J connectivity index is 2.35. The molecule has 24 heavy (non-hydrogen) atoms. The molecule has 2 rings (SSSR count). The van der Waals surface area contributed by atoms with E-state index in [1.165, 1.54) is 5.56 Å². The molecule has 3 nitrogen and oxygen atoms in total. The molecule has 0 amide bonds. The van der Waals surface area contributed by atoms with Crippen molar-refractivity contribution in [3.05, 3.63) is 65.2 Å². The van der Waals surface area contributed by atoms with E-state index in [2.05, 4.69) is 20.8 Å². The highest BCUT2D eigenvalue weighted by Gasteiger charge is 2.19. The molecule has 0 bridgehead atoms. The van der Waals surface area contributed by atoms with Crippen molar-refractivity contribution in [1.82, 2.24) is 0 Å². The largest absolute Gasteiger partial charge is 0.325 e. The molecule has 0 heterocycles. The van der Waals surface area contributed by atoms with Crippen molar-refractivity contribution in [2.75, 3.05) is 0 Å². The van der Waals surface area contributed by atoms with Gasteiger partial charge in [0, 0.05) is 16.4 Å². The summed E-state index contributed by atoms with van der Waals surface area (Å²) in [4.78, 5) is 12.8. The van der Waals surface area contributed by atoms with E-state index < -0.39 is 8.03 Å². The Labute approximate surface area is 144 Å². The molecule has 0 radical (unpaired) electrons. The van der Waals surface area contributed by atoms with Crippen molar-refractivity contribution in [1.29, 1.82) is 0 Å². The molecule has 0 aliphatic rings. The molecule has 0 saturated carbocycles. The first kappa shape index (κ1) is 18.6. The molecule has 0 aliphatic carbocycles. The molecule has 1 atom stereocenters. The molecule has 0 aromatic heterocycles. The molecular weight excluding hydrogens is 319 g/mol. The second kappa shape index (κ2) is 7.46. The van der Waals surface area contributed by atoms with Crippen LogP contribution < -0.4 is 5.30 Å². The van der Waals surface area contributed by atoms with Crippen molar-refractivity contribution < 1.29 is 13.9 Å². The monoisotopic (exact) mass is 344 g/mol. The maximum absolute atomic E-state index is 12.8. The van der Waals surface area contributed by atoms with Crippen LogP contribution in [0.15, 0.2) is 48.5 Å². The van der Waals surface area contributed by atoms with Gasteiger partial charge < -0.3 is 4.52 Å². The van der Waals surface area contributed by atoms with Gasteiger partial charge in [-0.2, -0.15) is 0 Å². The van der Waals surface area contributed by atoms with Crippen molar-refractivity contribution in [3.8, 4) is 0 Å². The highest BCUT2D eigenvalue weighted by molar-refractivity contribution is 7.48. The van der Waals surface area contributed by atoms with Gasteiger partial charge in [-0.15, -0.1) is 0 Å². The lowest BCUT2D eigenvalue weighted by atomic mass is 9.86. The average Bonchev–Trinajstić information content (AvgIpc) is 2.53. The normalized spacial score (nSPS) is 13.1. The van der Waals surface area contributed by atoms with Gasteiger partial charge >= 0.3 is 0 Å². The topological polar surface area (TPSA) is 43.4 Å². The van der Waals surface area contributed by atoms with Gasteiger partial charge in [0.15, 0.2) is 5.78 Å². The molecule has 0 fully saturated rings. The van der Waals surface area contributed by atoms with E-state index in [4.69, 9.17) is 4.52 Å². The van der Waals surface area contributed by atoms with E-state index in [-0.39, 0.29) is 17.3 Å². The van der Waals surface area contributed by atoms with Crippen LogP contribution in [0.3, 0.4) is 0 Å². The van der Waals surface area contributed by atoms with E-state index in [9.17, 15) is 9.36 Å². The fraction of sp³-hybridized carbons (Fsp3) is 0.350. The fourth-order valence-corrected chi connectivity index (χ4v) is 3.62. The maximum Gasteiger partial charge on any atom is 0.221 e. The van der Waals surface area contributed by atoms with Crippen molar-refractivity contribution >= 4 is 19.1 Å². The zero-order chi connectivity index (χ0) is 17.9. The quantitative estimate of drug-likeness (QED) is 0.581. The lowest BCUT2D eigenvalue weighted by Gasteiger charge is -2.19. The van der Waals surface area contributed by atoms with E-state index in [0.29, 0.717) is 16.4 Å². The SMILES string of the molecule is CC(C)O[PH](=O)c1ccccc1C(=O)c1ccc(C(C)(C)C)cc1. The predicted octanol–water partition coefficient (Wildman–Crippen LogP) is 4.74. The minimum atomic E-state index is -2.45. The van der Waals surface area contributed by atoms with Gasteiger partial charge in [0.25, 0.3) is 0 Å². The van der Waals surface area contributed by atoms with Crippen LogP contribution in [0.2, 0.25) is 0 Å². The first-order valence-corrected chi connectivity index (χ1v) is 9.47. The van der Waals surface area contributed by atoms with Gasteiger partial charge in [0.2, 0.25) is 8.03 Å². The minimum absolute atomic E-state index is 0.0375. The van der Waals surface area contributed by atoms with Crippen molar-refractivity contribution in [2.45, 2.75) is 46.1 Å². The van der Waals surface area contributed by atoms with Crippen LogP contribution in [0.5, 0.6) is 0 Å². The average molecular weight is 344 g/mol. The van der Waals surface area contributed by atoms with Crippen LogP contribution in [0.1, 0.15) is 56.1 Å². The molecule has 2 aromatic rings. The summed E-state index contributed by atoms with van der Waals surface area (Å²) >= 11 is 0. The van der Waals surface area contributed by atoms with Gasteiger partial charge in [-0.1, -0.05) is 63.2 Å². The zero-order valence-electron chi connectivity index (χ0n) is 14.9. The van der Waals surface area contributed by atoms with Crippen molar-refractivity contribution in [3.63, 3.8) is 0 Å². The van der Waals surface area contributed by atoms with E-state index in [0.717, 1.165) is 0 Å². The Hall–Kier alpha value is -1.70. The van der Waals surface area contributed by atoms with Gasteiger partial charge in [0.05, 0.1) is 6.10 Å². The Morgan fingerprint density at radius 3 is 2.12 bits per heavy atom. The number of hydrogen-bond acceptors (Lipinski definition) is 3. The lowest BCUT2D eigenvalue weighted by molar-refractivity contribution is 0.103. The molecule has 0 saturated heterocycles. The summed E-state index contributed by atoms with van der Waals surface area (Å²) < 4.78 is 17.8. The van der Waals surface area contributed by atoms with Crippen LogP contribution in [-0.4, -0.2) is 11.9 Å². The Morgan fingerprint density at radius 2 is 1.58 bits per heavy atom. The standard InChI is InChI=1S/C20H25O3P/c1-14(2)23-24(22)18-9-7-6-8-17(18)19(21)15-10-12-16(13-11-15)20(3,4)5/h6-14,24H,1-5H3. The summed E-state index contributed by atoms with van der Waals surface area (Å²) in [5.74, 6) is -0.128. The molecule has 128 valence electrons. The summed E-state index contributed by atoms with van der Waals surface area (Å²) in [6, 6.07) is 14.6. The Bertz CT molecular complexity index is 740. The number of hydrogen-bond donors (Lipinski definition) is 0. The lowest BCUT2D eigenvalue weighted by Crippen LogP contribution is -2.16. The van der Waals surface area contributed by atoms with Crippen LogP contribution in [0.4, 0.5) is 0 Å². The van der Waals surface area contributed by atoms with Crippen LogP contribution >= 0.6 is 8.03 Å². The number of ketones is 1. The maximum atomic E-state index is 12.8. The highest BCUT2D eigenvalue weighted by Crippen LogP contribution is 2.27. The molecule has 2 aromatic carbocycles. The predicted molar refractivity (Wildman–Crippen MR) is 99.9 cm³/mol. The van der Waals surface area contributed by atoms with E-state index >= 15 is 0 Å². The van der Waals surface area contributed by atoms with Gasteiger partial charge in [-0.3, -0.25) is 9.36 Å². The molecular formula is C20H25O3P. The summed E-state index contributed by atoms with van der Waals surface area (Å²) in [7, 11) is -2.45. The number of benzene rings is 2. The zero-order valence-corrected chi connectivity index (χ0v) is 15.9. The summed E-state index contributed by atoms with van der Waals surface area (Å²) in [5, 5.41) is 0.487. The molecule has 0 aliphatic heterocycles. The third-order valence-corrected chi connectivity index (χ3v) is 5.31. The summed E-state index contributed by atoms with van der Waals surface area (Å²) in [6.45, 7) is 10.1. The minimum Gasteiger partial charge on any atom is -0.325 e. The number of carbonyl (C=O) groups is 1. The van der Waals surface area contributed by atoms with Crippen LogP contribution in [-0.2, 0) is 14.5 Å². The summed E-state index contributed by atoms with van der Waals surface area (Å²) in [6.07, 6.45) is -0.148. The van der Waals surface area contributed by atoms with Crippen LogP contribution in [0, 0.1) is 0 Å². The molecule has 1 unspecified atom stereocenters. The summed E-state index contributed by atoms with van der Waals surface area (Å²) in [5.41, 5.74) is 2.25. The van der Waals surface area contributed by atoms with Crippen LogP contribution in [0.25, 0.3) is 0 Å². The highest BCUT2D eigenvalue weighted by atomic mass is 31.1. The third-order valence-electron chi connectivity index (χ3n) is 3.75. The smallest absolute Gasteiger partial charge is 0.221 e. The molecule has 4 heteroatoms. The van der Waals surface area contributed by atoms with Gasteiger partial charge in [0.1, 0.15) is 0 Å². The van der Waals surface area contributed by atoms with E-state index in [1.807, 2.05) is 38.1 Å². The second-order valence-corrected chi connectivity index (χ2v) is 8.51. The molecule has 0 spiro atoms. The first-order valence-electron chi connectivity index (χ1n) is 8.15. The fourth-order valence-electron chi connectivity index (χ4n) is 2.41. The molecule has 0 N–H and O–H groups in total.